The topological polar surface area (TPSA) is 26.0 Å². The van der Waals surface area contributed by atoms with E-state index in [1.807, 2.05) is 11.8 Å². The van der Waals surface area contributed by atoms with Crippen molar-refractivity contribution in [3.05, 3.63) is 28.7 Å². The molecule has 18 heavy (non-hydrogen) atoms. The van der Waals surface area contributed by atoms with E-state index >= 15 is 0 Å². The summed E-state index contributed by atoms with van der Waals surface area (Å²) in [5.41, 5.74) is 6.60. The standard InChI is InChI=1S/C15H22BrNS/c1-3-14(4-2)9-15(10-14,11-17)18-13-7-5-12(16)6-8-13/h5-8H,3-4,9-11,17H2,1-2H3. The van der Waals surface area contributed by atoms with Crippen LogP contribution in [0.2, 0.25) is 0 Å². The zero-order valence-corrected chi connectivity index (χ0v) is 13.6. The summed E-state index contributed by atoms with van der Waals surface area (Å²) in [6, 6.07) is 8.59. The van der Waals surface area contributed by atoms with Crippen LogP contribution in [0.1, 0.15) is 39.5 Å². The Hall–Kier alpha value is 0.01000. The Morgan fingerprint density at radius 3 is 2.17 bits per heavy atom. The third kappa shape index (κ3) is 2.78. The molecule has 1 aromatic carbocycles. The first kappa shape index (κ1) is 14.4. The highest BCUT2D eigenvalue weighted by Crippen LogP contribution is 2.60. The van der Waals surface area contributed by atoms with Crippen molar-refractivity contribution in [3.63, 3.8) is 0 Å². The van der Waals surface area contributed by atoms with Gasteiger partial charge in [-0.3, -0.25) is 0 Å². The van der Waals surface area contributed by atoms with Crippen LogP contribution >= 0.6 is 27.7 Å². The van der Waals surface area contributed by atoms with Crippen LogP contribution in [0.4, 0.5) is 0 Å². The minimum Gasteiger partial charge on any atom is -0.329 e. The minimum atomic E-state index is 0.278. The summed E-state index contributed by atoms with van der Waals surface area (Å²) >= 11 is 5.45. The molecule has 1 aliphatic carbocycles. The van der Waals surface area contributed by atoms with Crippen LogP contribution in [0.15, 0.2) is 33.6 Å². The molecule has 1 nitrogen and oxygen atoms in total. The first-order valence-corrected chi connectivity index (χ1v) is 8.33. The maximum Gasteiger partial charge on any atom is 0.0339 e. The number of hydrogen-bond donors (Lipinski definition) is 1. The van der Waals surface area contributed by atoms with Crippen LogP contribution in [0.3, 0.4) is 0 Å². The first-order chi connectivity index (χ1) is 8.57. The molecule has 0 saturated heterocycles. The predicted octanol–water partition coefficient (Wildman–Crippen LogP) is 4.84. The maximum absolute atomic E-state index is 6.05. The van der Waals surface area contributed by atoms with Crippen LogP contribution in [0.5, 0.6) is 0 Å². The second kappa shape index (κ2) is 5.56. The van der Waals surface area contributed by atoms with E-state index in [2.05, 4.69) is 54.0 Å². The summed E-state index contributed by atoms with van der Waals surface area (Å²) in [6.07, 6.45) is 5.10. The van der Waals surface area contributed by atoms with E-state index in [-0.39, 0.29) is 4.75 Å². The molecule has 100 valence electrons. The fourth-order valence-electron chi connectivity index (χ4n) is 3.08. The Morgan fingerprint density at radius 2 is 1.72 bits per heavy atom. The Balaban J connectivity index is 2.05. The molecule has 2 rings (SSSR count). The van der Waals surface area contributed by atoms with Gasteiger partial charge in [0, 0.05) is 20.7 Å². The van der Waals surface area contributed by atoms with E-state index in [0.717, 1.165) is 11.0 Å². The molecular formula is C15H22BrNS. The summed E-state index contributed by atoms with van der Waals surface area (Å²) < 4.78 is 1.42. The van der Waals surface area contributed by atoms with Crippen LogP contribution in [0.25, 0.3) is 0 Å². The highest BCUT2D eigenvalue weighted by atomic mass is 79.9. The van der Waals surface area contributed by atoms with E-state index in [4.69, 9.17) is 5.73 Å². The third-order valence-electron chi connectivity index (χ3n) is 4.41. The molecule has 1 aliphatic rings. The number of nitrogens with two attached hydrogens (primary N) is 1. The summed E-state index contributed by atoms with van der Waals surface area (Å²) in [4.78, 5) is 1.34. The Labute approximate surface area is 123 Å². The molecule has 0 atom stereocenters. The summed E-state index contributed by atoms with van der Waals surface area (Å²) in [6.45, 7) is 5.41. The highest BCUT2D eigenvalue weighted by Gasteiger charge is 2.52. The van der Waals surface area contributed by atoms with Crippen LogP contribution in [-0.2, 0) is 0 Å². The van der Waals surface area contributed by atoms with E-state index < -0.39 is 0 Å². The van der Waals surface area contributed by atoms with E-state index in [1.165, 1.54) is 30.6 Å². The molecule has 0 unspecified atom stereocenters. The predicted molar refractivity (Wildman–Crippen MR) is 84.0 cm³/mol. The van der Waals surface area contributed by atoms with E-state index in [1.54, 1.807) is 0 Å². The van der Waals surface area contributed by atoms with Crippen LogP contribution in [-0.4, -0.2) is 11.3 Å². The summed E-state index contributed by atoms with van der Waals surface area (Å²) in [5, 5.41) is 0. The molecule has 0 heterocycles. The lowest BCUT2D eigenvalue weighted by atomic mass is 9.58. The van der Waals surface area contributed by atoms with Gasteiger partial charge in [0.05, 0.1) is 0 Å². The number of rotatable bonds is 5. The molecule has 1 fully saturated rings. The smallest absolute Gasteiger partial charge is 0.0339 e. The van der Waals surface area contributed by atoms with Crippen molar-refractivity contribution in [3.8, 4) is 0 Å². The highest BCUT2D eigenvalue weighted by molar-refractivity contribution is 9.10. The molecule has 2 N–H and O–H groups in total. The Kier molecular flexibility index (Phi) is 4.45. The quantitative estimate of drug-likeness (QED) is 0.837. The average molecular weight is 328 g/mol. The largest absolute Gasteiger partial charge is 0.329 e. The molecule has 1 saturated carbocycles. The van der Waals surface area contributed by atoms with Gasteiger partial charge in [0.2, 0.25) is 0 Å². The van der Waals surface area contributed by atoms with Gasteiger partial charge in [0.1, 0.15) is 0 Å². The molecule has 0 bridgehead atoms. The molecule has 1 aromatic rings. The fraction of sp³-hybridized carbons (Fsp3) is 0.600. The molecular weight excluding hydrogens is 306 g/mol. The number of hydrogen-bond acceptors (Lipinski definition) is 2. The molecule has 0 radical (unpaired) electrons. The van der Waals surface area contributed by atoms with Crippen LogP contribution in [0, 0.1) is 5.41 Å². The number of benzene rings is 1. The van der Waals surface area contributed by atoms with Crippen molar-refractivity contribution in [1.82, 2.24) is 0 Å². The lowest BCUT2D eigenvalue weighted by Gasteiger charge is -2.55. The van der Waals surface area contributed by atoms with Crippen molar-refractivity contribution < 1.29 is 0 Å². The summed E-state index contributed by atoms with van der Waals surface area (Å²) in [5.74, 6) is 0. The van der Waals surface area contributed by atoms with Crippen molar-refractivity contribution in [2.45, 2.75) is 49.2 Å². The fourth-order valence-corrected chi connectivity index (χ4v) is 4.95. The lowest BCUT2D eigenvalue weighted by Crippen LogP contribution is -2.53. The molecule has 0 spiro atoms. The second-order valence-electron chi connectivity index (χ2n) is 5.50. The Bertz CT molecular complexity index is 389. The van der Waals surface area contributed by atoms with Crippen LogP contribution < -0.4 is 5.73 Å². The van der Waals surface area contributed by atoms with Gasteiger partial charge in [-0.05, 0) is 42.5 Å². The van der Waals surface area contributed by atoms with Crippen molar-refractivity contribution >= 4 is 27.7 Å². The second-order valence-corrected chi connectivity index (χ2v) is 7.96. The monoisotopic (exact) mass is 327 g/mol. The molecule has 0 aromatic heterocycles. The molecule has 0 amide bonds. The zero-order chi connectivity index (χ0) is 13.2. The third-order valence-corrected chi connectivity index (χ3v) is 6.34. The van der Waals surface area contributed by atoms with Crippen molar-refractivity contribution in [2.24, 2.45) is 11.1 Å². The van der Waals surface area contributed by atoms with E-state index in [0.29, 0.717) is 5.41 Å². The summed E-state index contributed by atoms with van der Waals surface area (Å²) in [7, 11) is 0. The maximum atomic E-state index is 6.05. The van der Waals surface area contributed by atoms with Gasteiger partial charge >= 0.3 is 0 Å². The first-order valence-electron chi connectivity index (χ1n) is 6.72. The minimum absolute atomic E-state index is 0.278. The van der Waals surface area contributed by atoms with Gasteiger partial charge < -0.3 is 5.73 Å². The van der Waals surface area contributed by atoms with E-state index in [9.17, 15) is 0 Å². The normalized spacial score (nSPS) is 20.4. The van der Waals surface area contributed by atoms with Gasteiger partial charge in [-0.25, -0.2) is 0 Å². The van der Waals surface area contributed by atoms with Gasteiger partial charge in [0.15, 0.2) is 0 Å². The van der Waals surface area contributed by atoms with Gasteiger partial charge in [-0.1, -0.05) is 42.6 Å². The van der Waals surface area contributed by atoms with Crippen molar-refractivity contribution in [2.75, 3.05) is 6.54 Å². The number of thioether (sulfide) groups is 1. The average Bonchev–Trinajstić information content (AvgIpc) is 2.36. The van der Waals surface area contributed by atoms with Gasteiger partial charge in [-0.15, -0.1) is 11.8 Å². The lowest BCUT2D eigenvalue weighted by molar-refractivity contribution is 0.0750. The SMILES string of the molecule is CCC1(CC)CC(CN)(Sc2ccc(Br)cc2)C1. The van der Waals surface area contributed by atoms with Gasteiger partial charge in [-0.2, -0.15) is 0 Å². The van der Waals surface area contributed by atoms with Gasteiger partial charge in [0.25, 0.3) is 0 Å². The zero-order valence-electron chi connectivity index (χ0n) is 11.2. The Morgan fingerprint density at radius 1 is 1.17 bits per heavy atom. The van der Waals surface area contributed by atoms with Crippen molar-refractivity contribution in [1.29, 1.82) is 0 Å². The molecule has 3 heteroatoms. The molecule has 0 aliphatic heterocycles. The number of halogens is 1.